The highest BCUT2D eigenvalue weighted by atomic mass is 14.9. The van der Waals surface area contributed by atoms with Gasteiger partial charge < -0.3 is 21.4 Å². The van der Waals surface area contributed by atoms with Gasteiger partial charge in [0.05, 0.1) is 41.3 Å². The van der Waals surface area contributed by atoms with Gasteiger partial charge in [0.1, 0.15) is 0 Å². The second-order valence-corrected chi connectivity index (χ2v) is 10.5. The molecule has 3 aromatic rings. The number of nitriles is 1. The second-order valence-electron chi connectivity index (χ2n) is 10.5. The first-order chi connectivity index (χ1) is 17.6. The van der Waals surface area contributed by atoms with Gasteiger partial charge in [0.25, 0.3) is 0 Å². The number of benzene rings is 1. The summed E-state index contributed by atoms with van der Waals surface area (Å²) >= 11 is 0. The fourth-order valence-corrected chi connectivity index (χ4v) is 3.77. The number of H-pyrrole nitrogens is 1. The van der Waals surface area contributed by atoms with Gasteiger partial charge in [-0.1, -0.05) is 46.6 Å². The summed E-state index contributed by atoms with van der Waals surface area (Å²) in [6.07, 6.45) is 4.63. The molecule has 6 nitrogen and oxygen atoms in total. The summed E-state index contributed by atoms with van der Waals surface area (Å²) in [4.78, 5) is 7.90. The number of aromatic nitrogens is 2. The van der Waals surface area contributed by atoms with Crippen LogP contribution in [-0.2, 0) is 11.8 Å². The SMILES string of the molecule is CC(C)C.CCc1cc(C(C)(C)C#N)ncc1NCC#Cc1cc2c(NC(CC)CCN)cccc2[nH]1. The molecule has 6 heteroatoms. The molecule has 0 fully saturated rings. The van der Waals surface area contributed by atoms with Gasteiger partial charge in [0.2, 0.25) is 0 Å². The summed E-state index contributed by atoms with van der Waals surface area (Å²) in [6, 6.07) is 13.0. The Morgan fingerprint density at radius 3 is 2.49 bits per heavy atom. The molecule has 1 unspecified atom stereocenters. The minimum atomic E-state index is -0.604. The number of pyridine rings is 1. The molecule has 2 aromatic heterocycles. The van der Waals surface area contributed by atoms with Gasteiger partial charge >= 0.3 is 0 Å². The van der Waals surface area contributed by atoms with Crippen LogP contribution in [0, 0.1) is 29.1 Å². The number of rotatable bonds is 9. The van der Waals surface area contributed by atoms with E-state index in [1.165, 1.54) is 0 Å². The lowest BCUT2D eigenvalue weighted by atomic mass is 9.89. The van der Waals surface area contributed by atoms with Crippen molar-refractivity contribution in [1.82, 2.24) is 9.97 Å². The second kappa shape index (κ2) is 14.3. The van der Waals surface area contributed by atoms with Gasteiger partial charge in [-0.2, -0.15) is 5.26 Å². The number of hydrogen-bond acceptors (Lipinski definition) is 5. The molecular formula is C31H44N6. The minimum absolute atomic E-state index is 0.362. The third-order valence-electron chi connectivity index (χ3n) is 5.91. The van der Waals surface area contributed by atoms with Crippen molar-refractivity contribution in [3.8, 4) is 17.9 Å². The van der Waals surface area contributed by atoms with Gasteiger partial charge in [0.15, 0.2) is 0 Å². The Bertz CT molecular complexity index is 1230. The lowest BCUT2D eigenvalue weighted by Gasteiger charge is -2.18. The normalized spacial score (nSPS) is 11.7. The zero-order valence-corrected chi connectivity index (χ0v) is 23.6. The van der Waals surface area contributed by atoms with Crippen molar-refractivity contribution in [3.05, 3.63) is 53.5 Å². The number of aryl methyl sites for hydroxylation is 1. The lowest BCUT2D eigenvalue weighted by molar-refractivity contribution is 0.643. The summed E-state index contributed by atoms with van der Waals surface area (Å²) in [5, 5.41) is 17.5. The van der Waals surface area contributed by atoms with E-state index in [-0.39, 0.29) is 0 Å². The summed E-state index contributed by atoms with van der Waals surface area (Å²) in [6.45, 7) is 15.7. The van der Waals surface area contributed by atoms with Crippen molar-refractivity contribution < 1.29 is 0 Å². The third kappa shape index (κ3) is 8.85. The van der Waals surface area contributed by atoms with Gasteiger partial charge in [-0.05, 0) is 81.3 Å². The number of anilines is 2. The van der Waals surface area contributed by atoms with Crippen molar-refractivity contribution in [2.24, 2.45) is 11.7 Å². The topological polar surface area (TPSA) is 103 Å². The number of nitrogens with one attached hydrogen (secondary N) is 3. The monoisotopic (exact) mass is 500 g/mol. The van der Waals surface area contributed by atoms with Crippen LogP contribution < -0.4 is 16.4 Å². The molecule has 0 saturated heterocycles. The molecule has 0 radical (unpaired) electrons. The van der Waals surface area contributed by atoms with Crippen molar-refractivity contribution in [2.45, 2.75) is 79.2 Å². The van der Waals surface area contributed by atoms with Gasteiger partial charge in [-0.3, -0.25) is 4.98 Å². The first-order valence-electron chi connectivity index (χ1n) is 13.4. The molecule has 0 amide bonds. The van der Waals surface area contributed by atoms with E-state index in [2.05, 4.69) is 91.3 Å². The maximum atomic E-state index is 9.38. The molecule has 5 N–H and O–H groups in total. The summed E-state index contributed by atoms with van der Waals surface area (Å²) in [5.41, 5.74) is 11.1. The molecule has 0 spiro atoms. The van der Waals surface area contributed by atoms with E-state index in [0.717, 1.165) is 64.4 Å². The average Bonchev–Trinajstić information content (AvgIpc) is 3.30. The van der Waals surface area contributed by atoms with Crippen LogP contribution in [0.5, 0.6) is 0 Å². The molecule has 198 valence electrons. The average molecular weight is 501 g/mol. The summed E-state index contributed by atoms with van der Waals surface area (Å²) in [7, 11) is 0. The van der Waals surface area contributed by atoms with Crippen LogP contribution in [0.15, 0.2) is 36.5 Å². The Morgan fingerprint density at radius 2 is 1.86 bits per heavy atom. The van der Waals surface area contributed by atoms with Gasteiger partial charge in [0, 0.05) is 22.6 Å². The van der Waals surface area contributed by atoms with E-state index in [1.807, 2.05) is 26.0 Å². The number of nitrogens with two attached hydrogens (primary N) is 1. The zero-order chi connectivity index (χ0) is 27.4. The Kier molecular flexibility index (Phi) is 11.5. The molecule has 2 heterocycles. The Balaban J connectivity index is 0.00000112. The molecule has 0 aliphatic rings. The van der Waals surface area contributed by atoms with E-state index in [9.17, 15) is 5.26 Å². The van der Waals surface area contributed by atoms with Crippen molar-refractivity contribution in [3.63, 3.8) is 0 Å². The molecule has 0 aliphatic carbocycles. The van der Waals surface area contributed by atoms with Crippen molar-refractivity contribution >= 4 is 22.3 Å². The van der Waals surface area contributed by atoms with Crippen LogP contribution in [0.25, 0.3) is 10.9 Å². The molecular weight excluding hydrogens is 456 g/mol. The molecule has 3 rings (SSSR count). The fourth-order valence-electron chi connectivity index (χ4n) is 3.77. The number of aromatic amines is 1. The van der Waals surface area contributed by atoms with Crippen LogP contribution in [0.2, 0.25) is 0 Å². The summed E-state index contributed by atoms with van der Waals surface area (Å²) < 4.78 is 0. The fraction of sp³-hybridized carbons (Fsp3) is 0.484. The number of fused-ring (bicyclic) bond motifs is 1. The van der Waals surface area contributed by atoms with Crippen molar-refractivity contribution in [1.29, 1.82) is 5.26 Å². The summed E-state index contributed by atoms with van der Waals surface area (Å²) in [5.74, 6) is 7.26. The Morgan fingerprint density at radius 1 is 1.14 bits per heavy atom. The predicted octanol–water partition coefficient (Wildman–Crippen LogP) is 6.59. The minimum Gasteiger partial charge on any atom is -0.382 e. The van der Waals surface area contributed by atoms with E-state index >= 15 is 0 Å². The molecule has 0 aliphatic heterocycles. The number of nitrogens with zero attached hydrogens (tertiary/aromatic N) is 2. The third-order valence-corrected chi connectivity index (χ3v) is 5.91. The highest BCUT2D eigenvalue weighted by molar-refractivity contribution is 5.93. The predicted molar refractivity (Wildman–Crippen MR) is 158 cm³/mol. The van der Waals surface area contributed by atoms with Crippen LogP contribution in [0.3, 0.4) is 0 Å². The first kappa shape index (κ1) is 29.7. The van der Waals surface area contributed by atoms with E-state index in [0.29, 0.717) is 19.1 Å². The van der Waals surface area contributed by atoms with Crippen molar-refractivity contribution in [2.75, 3.05) is 23.7 Å². The Labute approximate surface area is 223 Å². The van der Waals surface area contributed by atoms with Gasteiger partial charge in [-0.25, -0.2) is 0 Å². The molecule has 1 atom stereocenters. The zero-order valence-electron chi connectivity index (χ0n) is 23.6. The van der Waals surface area contributed by atoms with Crippen LogP contribution in [-0.4, -0.2) is 29.1 Å². The molecule has 37 heavy (non-hydrogen) atoms. The number of hydrogen-bond donors (Lipinski definition) is 4. The van der Waals surface area contributed by atoms with E-state index in [4.69, 9.17) is 5.73 Å². The lowest BCUT2D eigenvalue weighted by Crippen LogP contribution is -2.22. The van der Waals surface area contributed by atoms with E-state index < -0.39 is 5.41 Å². The first-order valence-corrected chi connectivity index (χ1v) is 13.4. The standard InChI is InChI=1S/C27H34N6.C4H10/c1-5-19-15-26(27(3,4)18-29)31-17-25(19)30-14-8-9-21-16-22-23(10-7-11-24(22)33-21)32-20(6-2)12-13-28;1-4(2)3/h7,10-11,15-17,20,30,32-33H,5-6,12-14,28H2,1-4H3;4H,1-3H3. The molecule has 1 aromatic carbocycles. The molecule has 0 bridgehead atoms. The maximum absolute atomic E-state index is 9.38. The van der Waals surface area contributed by atoms with Crippen LogP contribution >= 0.6 is 0 Å². The van der Waals surface area contributed by atoms with Gasteiger partial charge in [-0.15, -0.1) is 0 Å². The molecule has 0 saturated carbocycles. The maximum Gasteiger partial charge on any atom is 0.0937 e. The highest BCUT2D eigenvalue weighted by Gasteiger charge is 2.22. The largest absolute Gasteiger partial charge is 0.382 e. The van der Waals surface area contributed by atoms with E-state index in [1.54, 1.807) is 6.20 Å². The van der Waals surface area contributed by atoms with Crippen LogP contribution in [0.4, 0.5) is 11.4 Å². The highest BCUT2D eigenvalue weighted by Crippen LogP contribution is 2.26. The quantitative estimate of drug-likeness (QED) is 0.248. The Hall–Kier alpha value is -3.48. The van der Waals surface area contributed by atoms with Crippen LogP contribution in [0.1, 0.15) is 78.3 Å². The smallest absolute Gasteiger partial charge is 0.0937 e.